The van der Waals surface area contributed by atoms with Crippen molar-refractivity contribution < 1.29 is 73.5 Å². The minimum absolute atomic E-state index is 0.0223. The first-order valence-corrected chi connectivity index (χ1v) is 15.3. The number of hydrogen-bond acceptors (Lipinski definition) is 13. The van der Waals surface area contributed by atoms with Crippen LogP contribution in [0.15, 0.2) is 24.3 Å². The number of carboxylic acids is 1. The number of phenolic OH excluding ortho intramolecular Hbond substituents is 3. The molecule has 3 aliphatic rings. The highest BCUT2D eigenvalue weighted by molar-refractivity contribution is 6.31. The maximum Gasteiger partial charge on any atom is 0.325 e. The number of carbonyl (C=O) groups excluding carboxylic acids is 3. The summed E-state index contributed by atoms with van der Waals surface area (Å²) in [5.41, 5.74) is -3.37. The average Bonchev–Trinajstić information content (AvgIpc) is 3.06. The number of methoxy groups -OCH3 is 1. The van der Waals surface area contributed by atoms with Crippen LogP contribution in [0.25, 0.3) is 11.1 Å². The molecule has 8 atom stereocenters. The number of rotatable bonds is 6. The number of aryl methyl sites for hydroxylation is 1. The molecule has 15 nitrogen and oxygen atoms in total. The number of amides is 1. The Labute approximate surface area is 282 Å². The topological polar surface area (TPSA) is 250 Å². The van der Waals surface area contributed by atoms with E-state index in [2.05, 4.69) is 5.32 Å². The fourth-order valence-electron chi connectivity index (χ4n) is 6.66. The standard InChI is InChI=1S/C34H32FNO14/c1-9-5-16-21(27(41)18(9)32(45)36-10(2)33(46)47)20-14(26(40)31(16)50-34-30(44)29(43)23(35)11(3)49-34)8-15-22(28(20)42)25(39)13-6-12(48-4)7-17(37)19(13)24(15)38/h5-8,10-11,23,26,29-31,34,37,40-44H,1-4H3,(H,36,45)(H,46,47)/t10-,11+,23-,26+,29-,30+,31+,34-/m1/s1. The quantitative estimate of drug-likeness (QED) is 0.143. The number of aliphatic hydroxyl groups excluding tert-OH is 3. The van der Waals surface area contributed by atoms with Gasteiger partial charge in [0.25, 0.3) is 5.91 Å². The molecule has 1 aliphatic heterocycles. The molecule has 1 heterocycles. The number of benzene rings is 3. The number of ether oxygens (including phenoxy) is 3. The van der Waals surface area contributed by atoms with Crippen molar-refractivity contribution in [2.75, 3.05) is 7.11 Å². The van der Waals surface area contributed by atoms with Gasteiger partial charge in [-0.2, -0.15) is 0 Å². The van der Waals surface area contributed by atoms with Gasteiger partial charge in [-0.15, -0.1) is 0 Å². The van der Waals surface area contributed by atoms with Crippen LogP contribution in [-0.4, -0.2) is 103 Å². The van der Waals surface area contributed by atoms with Gasteiger partial charge in [-0.25, -0.2) is 4.39 Å². The first-order chi connectivity index (χ1) is 23.5. The number of phenols is 3. The zero-order valence-corrected chi connectivity index (χ0v) is 26.8. The lowest BCUT2D eigenvalue weighted by atomic mass is 9.74. The summed E-state index contributed by atoms with van der Waals surface area (Å²) in [6, 6.07) is 3.19. The number of carboxylic acid groups (broad SMARTS) is 1. The van der Waals surface area contributed by atoms with Gasteiger partial charge in [0.2, 0.25) is 0 Å². The van der Waals surface area contributed by atoms with Crippen molar-refractivity contribution in [3.63, 3.8) is 0 Å². The summed E-state index contributed by atoms with van der Waals surface area (Å²) in [6.07, 6.45) is -12.5. The van der Waals surface area contributed by atoms with E-state index in [1.165, 1.54) is 40.0 Å². The molecule has 3 aromatic carbocycles. The molecule has 50 heavy (non-hydrogen) atoms. The largest absolute Gasteiger partial charge is 0.507 e. The third-order valence-corrected chi connectivity index (χ3v) is 9.27. The minimum atomic E-state index is -2.00. The van der Waals surface area contributed by atoms with Crippen LogP contribution in [0.3, 0.4) is 0 Å². The smallest absolute Gasteiger partial charge is 0.325 e. The van der Waals surface area contributed by atoms with Gasteiger partial charge in [0.05, 0.1) is 29.9 Å². The second-order valence-electron chi connectivity index (χ2n) is 12.4. The summed E-state index contributed by atoms with van der Waals surface area (Å²) < 4.78 is 31.0. The number of fused-ring (bicyclic) bond motifs is 5. The van der Waals surface area contributed by atoms with Gasteiger partial charge in [-0.05, 0) is 49.6 Å². The van der Waals surface area contributed by atoms with E-state index >= 15 is 0 Å². The number of aromatic hydroxyl groups is 3. The lowest BCUT2D eigenvalue weighted by Gasteiger charge is -2.42. The fraction of sp³-hybridized carbons (Fsp3) is 0.353. The van der Waals surface area contributed by atoms with Crippen LogP contribution in [0.2, 0.25) is 0 Å². The van der Waals surface area contributed by atoms with Crippen LogP contribution < -0.4 is 10.1 Å². The van der Waals surface area contributed by atoms with Gasteiger partial charge < -0.3 is 55.3 Å². The zero-order valence-electron chi connectivity index (χ0n) is 26.8. The first-order valence-electron chi connectivity index (χ1n) is 15.3. The zero-order chi connectivity index (χ0) is 36.7. The van der Waals surface area contributed by atoms with Gasteiger partial charge >= 0.3 is 5.97 Å². The maximum absolute atomic E-state index is 14.4. The predicted octanol–water partition coefficient (Wildman–Crippen LogP) is 1.68. The molecule has 1 fully saturated rings. The Morgan fingerprint density at radius 2 is 1.52 bits per heavy atom. The molecule has 264 valence electrons. The Balaban J connectivity index is 1.60. The average molecular weight is 698 g/mol. The molecule has 2 aliphatic carbocycles. The van der Waals surface area contributed by atoms with Crippen LogP contribution in [0, 0.1) is 6.92 Å². The molecule has 0 bridgehead atoms. The van der Waals surface area contributed by atoms with E-state index in [4.69, 9.17) is 14.2 Å². The summed E-state index contributed by atoms with van der Waals surface area (Å²) in [5, 5.41) is 78.5. The summed E-state index contributed by atoms with van der Waals surface area (Å²) in [7, 11) is 1.26. The molecule has 1 saturated heterocycles. The van der Waals surface area contributed by atoms with Gasteiger partial charge in [-0.1, -0.05) is 6.07 Å². The Morgan fingerprint density at radius 3 is 2.16 bits per heavy atom. The van der Waals surface area contributed by atoms with Crippen LogP contribution in [0.1, 0.15) is 84.9 Å². The van der Waals surface area contributed by atoms with Gasteiger partial charge in [-0.3, -0.25) is 19.2 Å². The van der Waals surface area contributed by atoms with E-state index in [1.54, 1.807) is 0 Å². The van der Waals surface area contributed by atoms with E-state index in [-0.39, 0.29) is 33.6 Å². The van der Waals surface area contributed by atoms with Gasteiger partial charge in [0.1, 0.15) is 53.5 Å². The Kier molecular flexibility index (Phi) is 8.56. The number of nitrogens with one attached hydrogen (secondary N) is 1. The lowest BCUT2D eigenvalue weighted by molar-refractivity contribution is -0.304. The Bertz CT molecular complexity index is 2000. The normalized spacial score (nSPS) is 25.9. The summed E-state index contributed by atoms with van der Waals surface area (Å²) in [6.45, 7) is 3.82. The number of aliphatic carboxylic acids is 1. The molecule has 0 spiro atoms. The molecule has 0 saturated carbocycles. The van der Waals surface area contributed by atoms with Crippen molar-refractivity contribution in [1.82, 2.24) is 5.32 Å². The third-order valence-electron chi connectivity index (χ3n) is 9.27. The number of hydrogen-bond donors (Lipinski definition) is 8. The Hall–Kier alpha value is -5.13. The van der Waals surface area contributed by atoms with E-state index in [9.17, 15) is 59.3 Å². The number of ketones is 2. The number of carbonyl (C=O) groups is 4. The molecule has 16 heteroatoms. The fourth-order valence-corrected chi connectivity index (χ4v) is 6.66. The van der Waals surface area contributed by atoms with Gasteiger partial charge in [0, 0.05) is 28.3 Å². The van der Waals surface area contributed by atoms with Crippen molar-refractivity contribution in [1.29, 1.82) is 0 Å². The molecule has 0 radical (unpaired) electrons. The molecular formula is C34H32FNO14. The van der Waals surface area contributed by atoms with Crippen molar-refractivity contribution in [2.45, 2.75) is 69.8 Å². The van der Waals surface area contributed by atoms with Crippen LogP contribution >= 0.6 is 0 Å². The van der Waals surface area contributed by atoms with Crippen LogP contribution in [0.4, 0.5) is 4.39 Å². The third kappa shape index (κ3) is 5.14. The molecule has 0 aromatic heterocycles. The van der Waals surface area contributed by atoms with Crippen molar-refractivity contribution in [3.05, 3.63) is 68.8 Å². The lowest BCUT2D eigenvalue weighted by Crippen LogP contribution is -2.56. The van der Waals surface area contributed by atoms with Crippen molar-refractivity contribution in [2.24, 2.45) is 0 Å². The molecule has 3 aromatic rings. The SMILES string of the molecule is COc1cc(O)c2c(c1)C(=O)c1c(cc3c(c1O)-c1c(cc(C)c(C(=O)N[C@H](C)C(=O)O)c1O)[C@H](O[C@H]1O[C@@H](C)[C@@H](F)[C@@H](O)[C@@H]1O)[C@H]3O)C2=O. The summed E-state index contributed by atoms with van der Waals surface area (Å²) in [5.74, 6) is -6.60. The number of halogens is 1. The molecule has 6 rings (SSSR count). The predicted molar refractivity (Wildman–Crippen MR) is 166 cm³/mol. The van der Waals surface area contributed by atoms with Crippen LogP contribution in [-0.2, 0) is 14.3 Å². The number of aliphatic hydroxyl groups is 3. The van der Waals surface area contributed by atoms with E-state index < -0.39 is 118 Å². The molecular weight excluding hydrogens is 665 g/mol. The minimum Gasteiger partial charge on any atom is -0.507 e. The van der Waals surface area contributed by atoms with Crippen molar-refractivity contribution in [3.8, 4) is 34.1 Å². The van der Waals surface area contributed by atoms with Crippen LogP contribution in [0.5, 0.6) is 23.0 Å². The molecule has 1 amide bonds. The highest BCUT2D eigenvalue weighted by atomic mass is 19.1. The maximum atomic E-state index is 14.4. The number of alkyl halides is 1. The molecule has 0 unspecified atom stereocenters. The van der Waals surface area contributed by atoms with E-state index in [0.29, 0.717) is 0 Å². The second-order valence-corrected chi connectivity index (χ2v) is 12.4. The van der Waals surface area contributed by atoms with Crippen molar-refractivity contribution >= 4 is 23.4 Å². The first kappa shape index (κ1) is 34.7. The highest BCUT2D eigenvalue weighted by Gasteiger charge is 2.48. The Morgan fingerprint density at radius 1 is 0.900 bits per heavy atom. The summed E-state index contributed by atoms with van der Waals surface area (Å²) in [4.78, 5) is 52.4. The second kappa shape index (κ2) is 12.3. The van der Waals surface area contributed by atoms with E-state index in [0.717, 1.165) is 12.1 Å². The summed E-state index contributed by atoms with van der Waals surface area (Å²) >= 11 is 0. The highest BCUT2D eigenvalue weighted by Crippen LogP contribution is 2.57. The molecule has 8 N–H and O–H groups in total. The van der Waals surface area contributed by atoms with E-state index in [1.807, 2.05) is 0 Å². The monoisotopic (exact) mass is 697 g/mol. The van der Waals surface area contributed by atoms with Gasteiger partial charge in [0.15, 0.2) is 24.0 Å².